The molecule has 158 valence electrons. The summed E-state index contributed by atoms with van der Waals surface area (Å²) in [6.07, 6.45) is 13.5. The summed E-state index contributed by atoms with van der Waals surface area (Å²) in [5, 5.41) is 8.54. The van der Waals surface area contributed by atoms with Crippen LogP contribution in [0.2, 0.25) is 0 Å². The lowest BCUT2D eigenvalue weighted by molar-refractivity contribution is -0.124. The average Bonchev–Trinajstić information content (AvgIpc) is 2.79. The van der Waals surface area contributed by atoms with Gasteiger partial charge in [0.25, 0.3) is 11.8 Å². The van der Waals surface area contributed by atoms with Crippen LogP contribution in [0.5, 0.6) is 0 Å². The molecule has 0 spiro atoms. The standard InChI is InChI=1S/C24H29N3O3/c28-23(25-30)10-9-18-5-7-19(8-6-18)17-26-14-12-21(13-15-26)27-16-11-20-3-1-2-4-22(20)24(27)29/h1-5,7-10,18,21,30H,6,11-17H2,(H,25,28). The summed E-state index contributed by atoms with van der Waals surface area (Å²) in [5.74, 6) is -0.122. The topological polar surface area (TPSA) is 72.9 Å². The maximum atomic E-state index is 12.9. The molecule has 1 aliphatic carbocycles. The number of likely N-dealkylation sites (tertiary alicyclic amines) is 1. The Morgan fingerprint density at radius 3 is 2.73 bits per heavy atom. The van der Waals surface area contributed by atoms with Crippen molar-refractivity contribution in [3.63, 3.8) is 0 Å². The molecule has 1 saturated heterocycles. The van der Waals surface area contributed by atoms with Crippen molar-refractivity contribution in [2.24, 2.45) is 5.92 Å². The number of benzene rings is 1. The fraction of sp³-hybridized carbons (Fsp3) is 0.417. The Morgan fingerprint density at radius 2 is 2.00 bits per heavy atom. The molecular formula is C24H29N3O3. The van der Waals surface area contributed by atoms with Crippen molar-refractivity contribution in [3.05, 3.63) is 71.3 Å². The summed E-state index contributed by atoms with van der Waals surface area (Å²) in [6, 6.07) is 8.33. The zero-order chi connectivity index (χ0) is 20.9. The first kappa shape index (κ1) is 20.6. The number of carbonyl (C=O) groups is 2. The van der Waals surface area contributed by atoms with Gasteiger partial charge >= 0.3 is 0 Å². The predicted molar refractivity (Wildman–Crippen MR) is 115 cm³/mol. The maximum Gasteiger partial charge on any atom is 0.267 e. The highest BCUT2D eigenvalue weighted by Gasteiger charge is 2.32. The molecule has 0 bridgehead atoms. The third-order valence-corrected chi connectivity index (χ3v) is 6.35. The SMILES string of the molecule is O=C(C=CC1C=CC(CN2CCC(N3CCc4ccccc4C3=O)CC2)=CC1)NO. The zero-order valence-electron chi connectivity index (χ0n) is 17.2. The second kappa shape index (κ2) is 9.41. The summed E-state index contributed by atoms with van der Waals surface area (Å²) in [5.41, 5.74) is 4.96. The lowest BCUT2D eigenvalue weighted by Crippen LogP contribution is -2.50. The Balaban J connectivity index is 1.25. The maximum absolute atomic E-state index is 12.9. The molecule has 4 rings (SSSR count). The second-order valence-electron chi connectivity index (χ2n) is 8.29. The van der Waals surface area contributed by atoms with Gasteiger partial charge in [-0.1, -0.05) is 42.5 Å². The molecule has 2 heterocycles. The molecule has 1 aromatic rings. The molecule has 6 heteroatoms. The second-order valence-corrected chi connectivity index (χ2v) is 8.29. The fourth-order valence-electron chi connectivity index (χ4n) is 4.63. The molecule has 30 heavy (non-hydrogen) atoms. The van der Waals surface area contributed by atoms with Gasteiger partial charge in [-0.25, -0.2) is 5.48 Å². The number of amides is 2. The molecule has 0 aromatic heterocycles. The lowest BCUT2D eigenvalue weighted by Gasteiger charge is -2.40. The number of piperidine rings is 1. The van der Waals surface area contributed by atoms with Crippen LogP contribution in [0.3, 0.4) is 0 Å². The highest BCUT2D eigenvalue weighted by atomic mass is 16.5. The molecule has 3 aliphatic rings. The smallest absolute Gasteiger partial charge is 0.267 e. The van der Waals surface area contributed by atoms with Gasteiger partial charge in [0.15, 0.2) is 0 Å². The van der Waals surface area contributed by atoms with E-state index in [0.717, 1.165) is 57.4 Å². The number of hydroxylamine groups is 1. The minimum absolute atomic E-state index is 0.185. The van der Waals surface area contributed by atoms with Gasteiger partial charge in [-0.15, -0.1) is 0 Å². The largest absolute Gasteiger partial charge is 0.335 e. The number of fused-ring (bicyclic) bond motifs is 1. The molecule has 1 aromatic carbocycles. The van der Waals surface area contributed by atoms with Gasteiger partial charge in [0.2, 0.25) is 0 Å². The Morgan fingerprint density at radius 1 is 1.20 bits per heavy atom. The van der Waals surface area contributed by atoms with Crippen LogP contribution in [-0.2, 0) is 11.2 Å². The molecule has 2 N–H and O–H groups in total. The average molecular weight is 408 g/mol. The summed E-state index contributed by atoms with van der Waals surface area (Å²) in [4.78, 5) is 28.6. The van der Waals surface area contributed by atoms with Crippen LogP contribution in [0.1, 0.15) is 35.2 Å². The van der Waals surface area contributed by atoms with E-state index in [0.29, 0.717) is 6.04 Å². The monoisotopic (exact) mass is 407 g/mol. The molecule has 1 unspecified atom stereocenters. The van der Waals surface area contributed by atoms with Crippen molar-refractivity contribution in [2.75, 3.05) is 26.2 Å². The van der Waals surface area contributed by atoms with Crippen molar-refractivity contribution in [3.8, 4) is 0 Å². The van der Waals surface area contributed by atoms with E-state index in [1.807, 2.05) is 18.2 Å². The molecule has 2 amide bonds. The number of nitrogens with zero attached hydrogens (tertiary/aromatic N) is 2. The quantitative estimate of drug-likeness (QED) is 0.447. The van der Waals surface area contributed by atoms with E-state index < -0.39 is 5.91 Å². The molecule has 0 radical (unpaired) electrons. The number of carbonyl (C=O) groups excluding carboxylic acids is 2. The van der Waals surface area contributed by atoms with Crippen molar-refractivity contribution in [1.82, 2.24) is 15.3 Å². The van der Waals surface area contributed by atoms with Crippen LogP contribution in [0.4, 0.5) is 0 Å². The van der Waals surface area contributed by atoms with Gasteiger partial charge in [-0.05, 0) is 48.8 Å². The van der Waals surface area contributed by atoms with Gasteiger partial charge in [-0.3, -0.25) is 19.7 Å². The number of hydrogen-bond acceptors (Lipinski definition) is 4. The minimum atomic E-state index is -0.503. The Bertz CT molecular complexity index is 881. The fourth-order valence-corrected chi connectivity index (χ4v) is 4.63. The van der Waals surface area contributed by atoms with Gasteiger partial charge in [0.05, 0.1) is 0 Å². The molecule has 1 fully saturated rings. The number of hydrogen-bond donors (Lipinski definition) is 2. The van der Waals surface area contributed by atoms with Crippen molar-refractivity contribution < 1.29 is 14.8 Å². The third-order valence-electron chi connectivity index (χ3n) is 6.35. The van der Waals surface area contributed by atoms with Gasteiger partial charge in [0.1, 0.15) is 0 Å². The van der Waals surface area contributed by atoms with E-state index in [-0.39, 0.29) is 11.8 Å². The van der Waals surface area contributed by atoms with E-state index in [2.05, 4.69) is 34.1 Å². The van der Waals surface area contributed by atoms with E-state index in [4.69, 9.17) is 5.21 Å². The highest BCUT2D eigenvalue weighted by molar-refractivity contribution is 5.97. The van der Waals surface area contributed by atoms with Crippen LogP contribution in [0.25, 0.3) is 0 Å². The number of allylic oxidation sites excluding steroid dienone is 3. The van der Waals surface area contributed by atoms with Gasteiger partial charge in [-0.2, -0.15) is 0 Å². The molecule has 6 nitrogen and oxygen atoms in total. The number of nitrogens with one attached hydrogen (secondary N) is 1. The van der Waals surface area contributed by atoms with Crippen LogP contribution in [-0.4, -0.2) is 59.0 Å². The highest BCUT2D eigenvalue weighted by Crippen LogP contribution is 2.26. The van der Waals surface area contributed by atoms with Crippen molar-refractivity contribution in [1.29, 1.82) is 0 Å². The third kappa shape index (κ3) is 4.71. The Kier molecular flexibility index (Phi) is 6.45. The van der Waals surface area contributed by atoms with Crippen LogP contribution >= 0.6 is 0 Å². The first-order valence-electron chi connectivity index (χ1n) is 10.7. The zero-order valence-corrected chi connectivity index (χ0v) is 17.2. The van der Waals surface area contributed by atoms with Crippen LogP contribution in [0, 0.1) is 5.92 Å². The minimum Gasteiger partial charge on any atom is -0.335 e. The van der Waals surface area contributed by atoms with Crippen molar-refractivity contribution in [2.45, 2.75) is 31.7 Å². The molecule has 2 aliphatic heterocycles. The molecular weight excluding hydrogens is 378 g/mol. The summed E-state index contributed by atoms with van der Waals surface area (Å²) < 4.78 is 0. The van der Waals surface area contributed by atoms with Gasteiger partial charge < -0.3 is 4.90 Å². The van der Waals surface area contributed by atoms with Crippen LogP contribution < -0.4 is 5.48 Å². The van der Waals surface area contributed by atoms with Gasteiger partial charge in [0, 0.05) is 43.9 Å². The summed E-state index contributed by atoms with van der Waals surface area (Å²) >= 11 is 0. The lowest BCUT2D eigenvalue weighted by atomic mass is 9.93. The van der Waals surface area contributed by atoms with E-state index in [9.17, 15) is 9.59 Å². The van der Waals surface area contributed by atoms with E-state index >= 15 is 0 Å². The molecule has 1 atom stereocenters. The number of rotatable bonds is 5. The first-order chi connectivity index (χ1) is 14.6. The Hall–Kier alpha value is -2.70. The summed E-state index contributed by atoms with van der Waals surface area (Å²) in [6.45, 7) is 3.76. The van der Waals surface area contributed by atoms with Crippen LogP contribution in [0.15, 0.2) is 60.2 Å². The van der Waals surface area contributed by atoms with Crippen molar-refractivity contribution >= 4 is 11.8 Å². The Labute approximate surface area is 177 Å². The van der Waals surface area contributed by atoms with E-state index in [1.54, 1.807) is 11.6 Å². The summed E-state index contributed by atoms with van der Waals surface area (Å²) in [7, 11) is 0. The molecule has 0 saturated carbocycles. The predicted octanol–water partition coefficient (Wildman–Crippen LogP) is 2.71. The normalized spacial score (nSPS) is 22.8. The first-order valence-corrected chi connectivity index (χ1v) is 10.7. The van der Waals surface area contributed by atoms with E-state index in [1.165, 1.54) is 17.2 Å².